The van der Waals surface area contributed by atoms with Gasteiger partial charge in [-0.25, -0.2) is 4.79 Å². The average molecular weight is 406 g/mol. The largest absolute Gasteiger partial charge is 0.453 e. The summed E-state index contributed by atoms with van der Waals surface area (Å²) in [5.41, 5.74) is 2.31. The third-order valence-electron chi connectivity index (χ3n) is 4.90. The van der Waals surface area contributed by atoms with Gasteiger partial charge in [0.2, 0.25) is 5.89 Å². The molecule has 154 valence electrons. The topological polar surface area (TPSA) is 92.2 Å². The number of fused-ring (bicyclic) bond motifs is 1. The summed E-state index contributed by atoms with van der Waals surface area (Å²) in [6.07, 6.45) is -0.627. The molecule has 4 aromatic rings. The van der Waals surface area contributed by atoms with Crippen LogP contribution in [0.15, 0.2) is 63.8 Å². The van der Waals surface area contributed by atoms with Crippen LogP contribution in [0.2, 0.25) is 0 Å². The Morgan fingerprint density at radius 2 is 1.70 bits per heavy atom. The van der Waals surface area contributed by atoms with E-state index < -0.39 is 12.1 Å². The number of hydrogen-bond acceptors (Lipinski definition) is 6. The fourth-order valence-electron chi connectivity index (χ4n) is 3.40. The Bertz CT molecular complexity index is 1220. The van der Waals surface area contributed by atoms with Crippen LogP contribution in [-0.4, -0.2) is 25.3 Å². The summed E-state index contributed by atoms with van der Waals surface area (Å²) in [6.45, 7) is 4.39. The molecule has 0 amide bonds. The molecule has 0 aliphatic heterocycles. The summed E-state index contributed by atoms with van der Waals surface area (Å²) in [7, 11) is 0. The Morgan fingerprint density at radius 3 is 2.40 bits per heavy atom. The predicted octanol–water partition coefficient (Wildman–Crippen LogP) is 3.57. The maximum atomic E-state index is 12.7. The highest BCUT2D eigenvalue weighted by Crippen LogP contribution is 2.22. The molecule has 8 nitrogen and oxygen atoms in total. The number of aromatic nitrogens is 4. The number of benzene rings is 2. The lowest BCUT2D eigenvalue weighted by Gasteiger charge is -2.09. The molecule has 4 rings (SSSR count). The minimum absolute atomic E-state index is 0.0572. The number of para-hydroxylation sites is 2. The third kappa shape index (κ3) is 3.76. The summed E-state index contributed by atoms with van der Waals surface area (Å²) in [4.78, 5) is 25.0. The van der Waals surface area contributed by atoms with Crippen LogP contribution in [0.1, 0.15) is 32.3 Å². The van der Waals surface area contributed by atoms with Crippen LogP contribution >= 0.6 is 0 Å². The van der Waals surface area contributed by atoms with Gasteiger partial charge < -0.3 is 9.15 Å². The molecule has 0 fully saturated rings. The van der Waals surface area contributed by atoms with Crippen molar-refractivity contribution in [1.82, 2.24) is 19.3 Å². The highest BCUT2D eigenvalue weighted by atomic mass is 16.6. The van der Waals surface area contributed by atoms with Gasteiger partial charge in [0.15, 0.2) is 6.10 Å². The number of hydrogen-bond donors (Lipinski definition) is 0. The van der Waals surface area contributed by atoms with Gasteiger partial charge in [0.25, 0.3) is 5.89 Å². The highest BCUT2D eigenvalue weighted by Gasteiger charge is 2.20. The van der Waals surface area contributed by atoms with E-state index in [0.717, 1.165) is 16.6 Å². The van der Waals surface area contributed by atoms with E-state index in [1.54, 1.807) is 16.1 Å². The lowest BCUT2D eigenvalue weighted by molar-refractivity contribution is -0.149. The molecule has 2 aromatic carbocycles. The predicted molar refractivity (Wildman–Crippen MR) is 111 cm³/mol. The quantitative estimate of drug-likeness (QED) is 0.436. The highest BCUT2D eigenvalue weighted by molar-refractivity contribution is 5.76. The van der Waals surface area contributed by atoms with Gasteiger partial charge in [-0.05, 0) is 38.1 Å². The molecule has 0 unspecified atom stereocenters. The molecule has 0 bridgehead atoms. The van der Waals surface area contributed by atoms with E-state index in [1.165, 1.54) is 0 Å². The zero-order valence-electron chi connectivity index (χ0n) is 16.8. The molecule has 0 saturated heterocycles. The third-order valence-corrected chi connectivity index (χ3v) is 4.90. The van der Waals surface area contributed by atoms with E-state index in [4.69, 9.17) is 9.15 Å². The monoisotopic (exact) mass is 406 g/mol. The number of nitrogens with zero attached hydrogens (tertiary/aromatic N) is 4. The summed E-state index contributed by atoms with van der Waals surface area (Å²) in [6, 6.07) is 16.9. The number of imidazole rings is 1. The van der Waals surface area contributed by atoms with Gasteiger partial charge >= 0.3 is 11.7 Å². The Kier molecular flexibility index (Phi) is 5.47. The van der Waals surface area contributed by atoms with Crippen LogP contribution in [0.25, 0.3) is 22.5 Å². The second-order valence-electron chi connectivity index (χ2n) is 6.86. The van der Waals surface area contributed by atoms with Crippen LogP contribution < -0.4 is 5.69 Å². The first kappa shape index (κ1) is 19.6. The van der Waals surface area contributed by atoms with Gasteiger partial charge in [0.05, 0.1) is 17.5 Å². The molecule has 1 atom stereocenters. The molecular weight excluding hydrogens is 384 g/mol. The van der Waals surface area contributed by atoms with Crippen molar-refractivity contribution in [3.63, 3.8) is 0 Å². The van der Waals surface area contributed by atoms with Gasteiger partial charge in [-0.2, -0.15) is 0 Å². The molecule has 0 aliphatic rings. The number of carbonyl (C=O) groups excluding carboxylic acids is 1. The average Bonchev–Trinajstić information content (AvgIpc) is 3.36. The normalized spacial score (nSPS) is 12.2. The van der Waals surface area contributed by atoms with Crippen LogP contribution in [0.3, 0.4) is 0 Å². The summed E-state index contributed by atoms with van der Waals surface area (Å²) >= 11 is 0. The smallest absolute Gasteiger partial charge is 0.329 e. The summed E-state index contributed by atoms with van der Waals surface area (Å²) in [5, 5.41) is 7.99. The molecule has 0 radical (unpaired) electrons. The lowest BCUT2D eigenvalue weighted by atomic mass is 10.2. The number of rotatable bonds is 7. The Morgan fingerprint density at radius 1 is 1.03 bits per heavy atom. The maximum absolute atomic E-state index is 12.7. The van der Waals surface area contributed by atoms with Crippen molar-refractivity contribution >= 4 is 17.0 Å². The van der Waals surface area contributed by atoms with Crippen molar-refractivity contribution in [2.24, 2.45) is 0 Å². The fraction of sp³-hybridized carbons (Fsp3) is 0.273. The Balaban J connectivity index is 1.42. The number of ether oxygens (including phenoxy) is 1. The molecule has 2 heterocycles. The van der Waals surface area contributed by atoms with Gasteiger partial charge in [0.1, 0.15) is 0 Å². The standard InChI is InChI=1S/C22H22N4O4/c1-3-25-17-11-7-8-12-18(17)26(22(25)28)14-13-19(27)29-15(2)20-23-24-21(30-20)16-9-5-4-6-10-16/h4-12,15H,3,13-14H2,1-2H3/t15-/m1/s1. The Labute approximate surface area is 172 Å². The minimum atomic E-state index is -0.684. The van der Waals surface area contributed by atoms with Crippen molar-refractivity contribution in [3.8, 4) is 11.5 Å². The van der Waals surface area contributed by atoms with Gasteiger partial charge in [-0.3, -0.25) is 13.9 Å². The van der Waals surface area contributed by atoms with Crippen molar-refractivity contribution in [2.45, 2.75) is 39.5 Å². The molecule has 0 aliphatic carbocycles. The number of esters is 1. The second-order valence-corrected chi connectivity index (χ2v) is 6.86. The molecular formula is C22H22N4O4. The summed E-state index contributed by atoms with van der Waals surface area (Å²) in [5.74, 6) is 0.150. The molecule has 8 heteroatoms. The van der Waals surface area contributed by atoms with Crippen molar-refractivity contribution < 1.29 is 13.9 Å². The Hall–Kier alpha value is -3.68. The minimum Gasteiger partial charge on any atom is -0.453 e. The molecule has 2 aromatic heterocycles. The van der Waals surface area contributed by atoms with Crippen molar-refractivity contribution in [2.75, 3.05) is 0 Å². The van der Waals surface area contributed by atoms with E-state index in [0.29, 0.717) is 12.4 Å². The van der Waals surface area contributed by atoms with Gasteiger partial charge in [0, 0.05) is 18.7 Å². The molecule has 0 spiro atoms. The van der Waals surface area contributed by atoms with Crippen molar-refractivity contribution in [1.29, 1.82) is 0 Å². The first-order valence-corrected chi connectivity index (χ1v) is 9.85. The maximum Gasteiger partial charge on any atom is 0.329 e. The first-order valence-electron chi connectivity index (χ1n) is 9.85. The van der Waals surface area contributed by atoms with E-state index in [2.05, 4.69) is 10.2 Å². The van der Waals surface area contributed by atoms with Crippen LogP contribution in [-0.2, 0) is 22.6 Å². The fourth-order valence-corrected chi connectivity index (χ4v) is 3.40. The first-order chi connectivity index (χ1) is 14.6. The van der Waals surface area contributed by atoms with E-state index in [-0.39, 0.29) is 24.5 Å². The summed E-state index contributed by atoms with van der Waals surface area (Å²) < 4.78 is 14.4. The van der Waals surface area contributed by atoms with Gasteiger partial charge in [-0.1, -0.05) is 30.3 Å². The van der Waals surface area contributed by atoms with Crippen LogP contribution in [0, 0.1) is 0 Å². The molecule has 30 heavy (non-hydrogen) atoms. The van der Waals surface area contributed by atoms with E-state index in [1.807, 2.05) is 61.5 Å². The van der Waals surface area contributed by atoms with E-state index >= 15 is 0 Å². The van der Waals surface area contributed by atoms with Crippen molar-refractivity contribution in [3.05, 3.63) is 71.0 Å². The van der Waals surface area contributed by atoms with E-state index in [9.17, 15) is 9.59 Å². The SMILES string of the molecule is CCn1c(=O)n(CCC(=O)O[C@H](C)c2nnc(-c3ccccc3)o2)c2ccccc21. The van der Waals surface area contributed by atoms with Crippen LogP contribution in [0.5, 0.6) is 0 Å². The number of aryl methyl sites for hydroxylation is 2. The van der Waals surface area contributed by atoms with Crippen LogP contribution in [0.4, 0.5) is 0 Å². The zero-order valence-corrected chi connectivity index (χ0v) is 16.8. The second kappa shape index (κ2) is 8.36. The molecule has 0 N–H and O–H groups in total. The van der Waals surface area contributed by atoms with Gasteiger partial charge in [-0.15, -0.1) is 10.2 Å². The molecule has 0 saturated carbocycles. The zero-order chi connectivity index (χ0) is 21.1. The number of carbonyl (C=O) groups is 1. The lowest BCUT2D eigenvalue weighted by Crippen LogP contribution is -2.25.